The summed E-state index contributed by atoms with van der Waals surface area (Å²) in [6.45, 7) is 11.5. The van der Waals surface area contributed by atoms with Gasteiger partial charge >= 0.3 is 0 Å². The highest BCUT2D eigenvalue weighted by atomic mass is 32.2. The molecule has 0 atom stereocenters. The van der Waals surface area contributed by atoms with E-state index in [9.17, 15) is 14.4 Å². The number of thioether (sulfide) groups is 1. The van der Waals surface area contributed by atoms with Gasteiger partial charge in [-0.3, -0.25) is 24.0 Å². The van der Waals surface area contributed by atoms with Crippen LogP contribution in [0.2, 0.25) is 0 Å². The summed E-state index contributed by atoms with van der Waals surface area (Å²) in [7, 11) is 0. The van der Waals surface area contributed by atoms with Crippen molar-refractivity contribution in [1.29, 1.82) is 0 Å². The molecule has 2 aliphatic heterocycles. The number of hydrogen-bond acceptors (Lipinski definition) is 8. The summed E-state index contributed by atoms with van der Waals surface area (Å²) >= 11 is 1.50. The zero-order valence-corrected chi connectivity index (χ0v) is 33.5. The number of aryl methyl sites for hydroxylation is 1. The lowest BCUT2D eigenvalue weighted by molar-refractivity contribution is -0.141. The number of H-pyrrole nitrogens is 1. The molecule has 5 heterocycles. The number of benzene rings is 1. The highest BCUT2D eigenvalue weighted by molar-refractivity contribution is 7.98. The highest BCUT2D eigenvalue weighted by Crippen LogP contribution is 2.61. The Labute approximate surface area is 327 Å². The number of anilines is 1. The molecule has 2 amide bonds. The van der Waals surface area contributed by atoms with Gasteiger partial charge in [-0.2, -0.15) is 5.10 Å². The van der Waals surface area contributed by atoms with Crippen LogP contribution in [0.15, 0.2) is 52.4 Å². The molecule has 0 radical (unpaired) electrons. The van der Waals surface area contributed by atoms with Crippen molar-refractivity contribution in [2.24, 2.45) is 23.2 Å². The van der Waals surface area contributed by atoms with Gasteiger partial charge in [-0.25, -0.2) is 4.98 Å². The van der Waals surface area contributed by atoms with Crippen LogP contribution in [0, 0.1) is 30.1 Å². The number of carbonyl (C=O) groups excluding carboxylic acids is 2. The minimum absolute atomic E-state index is 0.103. The summed E-state index contributed by atoms with van der Waals surface area (Å²) < 4.78 is 1.95. The zero-order valence-electron chi connectivity index (χ0n) is 32.6. The number of rotatable bonds is 10. The molecule has 10 rings (SSSR count). The number of pyridine rings is 2. The predicted molar refractivity (Wildman–Crippen MR) is 217 cm³/mol. The first-order chi connectivity index (χ1) is 26.5. The fraction of sp³-hybridized carbons (Fsp3) is 0.558. The van der Waals surface area contributed by atoms with E-state index in [1.807, 2.05) is 42.3 Å². The summed E-state index contributed by atoms with van der Waals surface area (Å²) in [6.07, 6.45) is 14.5. The van der Waals surface area contributed by atoms with Crippen LogP contribution in [-0.4, -0.2) is 92.9 Å². The van der Waals surface area contributed by atoms with Gasteiger partial charge in [-0.1, -0.05) is 0 Å². The third kappa shape index (κ3) is 6.98. The molecule has 4 aromatic rings. The lowest BCUT2D eigenvalue weighted by Crippen LogP contribution is -2.64. The molecule has 0 spiro atoms. The standard InChI is InChI=1S/C43H54N8O3S/c1-26(2)51-37-16-32(15-34(35(37)23-46-51)41(53)45-22-36-38(55-4)11-27(3)47-42(36)54)31-5-6-44-39(17-31)50-24-33(25-50)48-7-9-49(10-8-48)40(52)21-43-18-28-12-29(19-43)14-30(13-28)20-43/h5-6,11,15-17,23,26,28-30,33H,7-10,12-14,18-22,24-25H2,1-4H3,(H,45,53)(H,47,54). The number of hydrogen-bond donors (Lipinski definition) is 2. The first-order valence-electron chi connectivity index (χ1n) is 20.3. The normalized spacial score (nSPS) is 25.2. The fourth-order valence-electron chi connectivity index (χ4n) is 11.1. The number of piperazine rings is 1. The monoisotopic (exact) mass is 762 g/mol. The molecule has 2 saturated heterocycles. The van der Waals surface area contributed by atoms with Gasteiger partial charge in [0, 0.05) is 92.1 Å². The van der Waals surface area contributed by atoms with E-state index in [1.54, 1.807) is 6.20 Å². The van der Waals surface area contributed by atoms with Gasteiger partial charge < -0.3 is 20.1 Å². The van der Waals surface area contributed by atoms with E-state index in [-0.39, 0.29) is 24.1 Å². The van der Waals surface area contributed by atoms with Gasteiger partial charge in [0.1, 0.15) is 5.82 Å². The molecule has 4 bridgehead atoms. The van der Waals surface area contributed by atoms with Crippen LogP contribution in [0.25, 0.3) is 22.0 Å². The van der Waals surface area contributed by atoms with E-state index >= 15 is 0 Å². The smallest absolute Gasteiger partial charge is 0.254 e. The van der Waals surface area contributed by atoms with Crippen LogP contribution in [-0.2, 0) is 11.3 Å². The van der Waals surface area contributed by atoms with Crippen LogP contribution in [0.5, 0.6) is 0 Å². The Morgan fingerprint density at radius 2 is 1.69 bits per heavy atom. The van der Waals surface area contributed by atoms with Crippen LogP contribution in [0.4, 0.5) is 5.82 Å². The summed E-state index contributed by atoms with van der Waals surface area (Å²) in [5, 5.41) is 8.45. The van der Waals surface area contributed by atoms with E-state index in [2.05, 4.69) is 56.1 Å². The fourth-order valence-corrected chi connectivity index (χ4v) is 11.8. The molecule has 6 aliphatic rings. The van der Waals surface area contributed by atoms with E-state index in [1.165, 1.54) is 50.3 Å². The molecular weight excluding hydrogens is 709 g/mol. The summed E-state index contributed by atoms with van der Waals surface area (Å²) in [5.74, 6) is 3.72. The summed E-state index contributed by atoms with van der Waals surface area (Å²) in [6, 6.07) is 10.6. The Bertz CT molecular complexity index is 2140. The number of amides is 2. The van der Waals surface area contributed by atoms with Gasteiger partial charge in [0.25, 0.3) is 11.5 Å². The van der Waals surface area contributed by atoms with Gasteiger partial charge in [0.2, 0.25) is 5.91 Å². The van der Waals surface area contributed by atoms with Crippen molar-refractivity contribution in [2.75, 3.05) is 50.4 Å². The number of nitrogens with one attached hydrogen (secondary N) is 2. The van der Waals surface area contributed by atoms with Crippen molar-refractivity contribution in [3.05, 3.63) is 69.9 Å². The molecule has 3 aromatic heterocycles. The van der Waals surface area contributed by atoms with Crippen molar-refractivity contribution in [1.82, 2.24) is 34.9 Å². The summed E-state index contributed by atoms with van der Waals surface area (Å²) in [4.78, 5) is 55.8. The molecule has 2 N–H and O–H groups in total. The van der Waals surface area contributed by atoms with E-state index in [0.29, 0.717) is 28.5 Å². The maximum atomic E-state index is 13.9. The summed E-state index contributed by atoms with van der Waals surface area (Å²) in [5.41, 5.74) is 4.74. The maximum absolute atomic E-state index is 13.9. The second-order valence-corrected chi connectivity index (χ2v) is 18.5. The SMILES string of the molecule is CSc1cc(C)[nH]c(=O)c1CNC(=O)c1cc(-c2ccnc(N3CC(N4CCN(C(=O)CC56CC7CC(CC(C7)C5)C6)CC4)C3)c2)cc2c1cnn2C(C)C. The minimum Gasteiger partial charge on any atom is -0.353 e. The van der Waals surface area contributed by atoms with E-state index < -0.39 is 0 Å². The molecule has 4 aliphatic carbocycles. The first kappa shape index (κ1) is 36.5. The quantitative estimate of drug-likeness (QED) is 0.182. The van der Waals surface area contributed by atoms with Crippen molar-refractivity contribution in [2.45, 2.75) is 89.2 Å². The second-order valence-electron chi connectivity index (χ2n) is 17.6. The highest BCUT2D eigenvalue weighted by Gasteiger charge is 2.52. The molecule has 1 aromatic carbocycles. The van der Waals surface area contributed by atoms with Crippen molar-refractivity contribution in [3.8, 4) is 11.1 Å². The molecule has 290 valence electrons. The number of aromatic amines is 1. The topological polar surface area (TPSA) is 119 Å². The van der Waals surface area contributed by atoms with Crippen LogP contribution in [0.3, 0.4) is 0 Å². The molecule has 55 heavy (non-hydrogen) atoms. The second kappa shape index (κ2) is 14.4. The molecule has 12 heteroatoms. The number of aromatic nitrogens is 4. The number of nitrogens with zero attached hydrogens (tertiary/aromatic N) is 6. The van der Waals surface area contributed by atoms with Gasteiger partial charge in [-0.05, 0) is 130 Å². The first-order valence-corrected chi connectivity index (χ1v) is 21.6. The van der Waals surface area contributed by atoms with Crippen LogP contribution >= 0.6 is 11.8 Å². The largest absolute Gasteiger partial charge is 0.353 e. The average molecular weight is 763 g/mol. The lowest BCUT2D eigenvalue weighted by atomic mass is 9.49. The number of carbonyl (C=O) groups is 2. The van der Waals surface area contributed by atoms with Crippen LogP contribution in [0.1, 0.15) is 86.5 Å². The Kier molecular flexibility index (Phi) is 9.55. The van der Waals surface area contributed by atoms with Crippen molar-refractivity contribution < 1.29 is 9.59 Å². The third-order valence-electron chi connectivity index (χ3n) is 13.5. The molecule has 11 nitrogen and oxygen atoms in total. The minimum atomic E-state index is -0.253. The molecular formula is C43H54N8O3S. The average Bonchev–Trinajstić information content (AvgIpc) is 3.57. The molecule has 6 fully saturated rings. The van der Waals surface area contributed by atoms with Gasteiger partial charge in [-0.15, -0.1) is 11.8 Å². The van der Waals surface area contributed by atoms with Gasteiger partial charge in [0.05, 0.1) is 17.3 Å². The number of fused-ring (bicyclic) bond motifs is 1. The Morgan fingerprint density at radius 1 is 0.982 bits per heavy atom. The Morgan fingerprint density at radius 3 is 2.36 bits per heavy atom. The maximum Gasteiger partial charge on any atom is 0.254 e. The Hall–Kier alpha value is -4.16. The molecule has 0 unspecified atom stereocenters. The van der Waals surface area contributed by atoms with Crippen molar-refractivity contribution in [3.63, 3.8) is 0 Å². The molecule has 4 saturated carbocycles. The van der Waals surface area contributed by atoms with E-state index in [0.717, 1.165) is 102 Å². The zero-order chi connectivity index (χ0) is 38.0. The lowest BCUT2D eigenvalue weighted by Gasteiger charge is -2.57. The Balaban J connectivity index is 0.858. The predicted octanol–water partition coefficient (Wildman–Crippen LogP) is 6.27. The third-order valence-corrected chi connectivity index (χ3v) is 14.3. The van der Waals surface area contributed by atoms with Crippen molar-refractivity contribution >= 4 is 40.3 Å². The van der Waals surface area contributed by atoms with Crippen LogP contribution < -0.4 is 15.8 Å². The van der Waals surface area contributed by atoms with E-state index in [4.69, 9.17) is 4.98 Å². The van der Waals surface area contributed by atoms with Gasteiger partial charge in [0.15, 0.2) is 0 Å².